The number of hydrogen-bond acceptors (Lipinski definition) is 4. The highest BCUT2D eigenvalue weighted by Gasteiger charge is 2.30. The highest BCUT2D eigenvalue weighted by Crippen LogP contribution is 2.22. The van der Waals surface area contributed by atoms with Crippen LogP contribution in [0.3, 0.4) is 0 Å². The topological polar surface area (TPSA) is 47.0 Å². The summed E-state index contributed by atoms with van der Waals surface area (Å²) in [5.41, 5.74) is 0. The van der Waals surface area contributed by atoms with E-state index < -0.39 is 0 Å². The van der Waals surface area contributed by atoms with Gasteiger partial charge in [-0.2, -0.15) is 0 Å². The van der Waals surface area contributed by atoms with E-state index in [4.69, 9.17) is 5.11 Å². The van der Waals surface area contributed by atoms with Crippen molar-refractivity contribution >= 4 is 5.91 Å². The first-order valence-electron chi connectivity index (χ1n) is 8.47. The molecule has 1 aliphatic carbocycles. The number of hydrogen-bond donors (Lipinski definition) is 1. The quantitative estimate of drug-likeness (QED) is 0.814. The fourth-order valence-electron chi connectivity index (χ4n) is 3.61. The van der Waals surface area contributed by atoms with Gasteiger partial charge in [-0.1, -0.05) is 19.3 Å². The van der Waals surface area contributed by atoms with Crippen LogP contribution in [-0.2, 0) is 4.79 Å². The predicted molar refractivity (Wildman–Crippen MR) is 84.2 cm³/mol. The molecule has 21 heavy (non-hydrogen) atoms. The molecule has 1 atom stereocenters. The minimum Gasteiger partial charge on any atom is -0.395 e. The maximum absolute atomic E-state index is 12.7. The van der Waals surface area contributed by atoms with Gasteiger partial charge in [0.25, 0.3) is 0 Å². The van der Waals surface area contributed by atoms with Crippen LogP contribution >= 0.6 is 0 Å². The van der Waals surface area contributed by atoms with Gasteiger partial charge in [-0.05, 0) is 19.8 Å². The van der Waals surface area contributed by atoms with Crippen molar-refractivity contribution in [1.82, 2.24) is 14.7 Å². The van der Waals surface area contributed by atoms with Crippen molar-refractivity contribution in [1.29, 1.82) is 0 Å². The minimum absolute atomic E-state index is 0.0202. The first kappa shape index (κ1) is 16.7. The second-order valence-electron chi connectivity index (χ2n) is 6.52. The maximum atomic E-state index is 12.7. The molecule has 2 rings (SSSR count). The number of aliphatic hydroxyl groups excluding tert-OH is 1. The summed E-state index contributed by atoms with van der Waals surface area (Å²) >= 11 is 0. The van der Waals surface area contributed by atoms with Crippen LogP contribution in [0.2, 0.25) is 0 Å². The largest absolute Gasteiger partial charge is 0.395 e. The summed E-state index contributed by atoms with van der Waals surface area (Å²) in [6.07, 6.45) is 6.17. The average molecular weight is 297 g/mol. The molecule has 5 heteroatoms. The van der Waals surface area contributed by atoms with Crippen molar-refractivity contribution in [3.05, 3.63) is 0 Å². The molecule has 1 N–H and O–H groups in total. The molecular weight excluding hydrogens is 266 g/mol. The number of β-amino-alcohol motifs (C(OH)–C–C–N with tert-alkyl or cyclic N) is 1. The van der Waals surface area contributed by atoms with Crippen LogP contribution < -0.4 is 0 Å². The van der Waals surface area contributed by atoms with E-state index in [2.05, 4.69) is 9.80 Å². The van der Waals surface area contributed by atoms with Crippen molar-refractivity contribution in [3.8, 4) is 0 Å². The zero-order valence-electron chi connectivity index (χ0n) is 13.6. The normalized spacial score (nSPS) is 24.0. The van der Waals surface area contributed by atoms with E-state index in [1.54, 1.807) is 0 Å². The lowest BCUT2D eigenvalue weighted by atomic mass is 9.94. The van der Waals surface area contributed by atoms with Crippen LogP contribution in [0.25, 0.3) is 0 Å². The van der Waals surface area contributed by atoms with E-state index in [1.165, 1.54) is 32.1 Å². The van der Waals surface area contributed by atoms with Crippen molar-refractivity contribution in [2.45, 2.75) is 51.1 Å². The maximum Gasteiger partial charge on any atom is 0.239 e. The van der Waals surface area contributed by atoms with Gasteiger partial charge in [0.05, 0.1) is 12.6 Å². The Morgan fingerprint density at radius 2 is 1.81 bits per heavy atom. The average Bonchev–Trinajstić information content (AvgIpc) is 2.54. The third kappa shape index (κ3) is 4.41. The number of piperazine rings is 1. The molecule has 0 aromatic heterocycles. The second kappa shape index (κ2) is 8.11. The molecule has 0 bridgehead atoms. The molecular formula is C16H31N3O2. The molecule has 2 fully saturated rings. The van der Waals surface area contributed by atoms with E-state index in [-0.39, 0.29) is 18.6 Å². The Kier molecular flexibility index (Phi) is 6.45. The Labute approximate surface area is 128 Å². The van der Waals surface area contributed by atoms with Gasteiger partial charge in [0.15, 0.2) is 0 Å². The van der Waals surface area contributed by atoms with Gasteiger partial charge in [-0.15, -0.1) is 0 Å². The Balaban J connectivity index is 1.81. The summed E-state index contributed by atoms with van der Waals surface area (Å²) in [5.74, 6) is 0.275. The summed E-state index contributed by atoms with van der Waals surface area (Å²) in [6, 6.07) is 0.428. The molecule has 0 spiro atoms. The lowest BCUT2D eigenvalue weighted by Crippen LogP contribution is -2.55. The SMILES string of the molecule is C[C@H](C(=O)N(C)C1CCCCC1)N1CCN(CCO)CC1. The third-order valence-electron chi connectivity index (χ3n) is 5.20. The Morgan fingerprint density at radius 1 is 1.19 bits per heavy atom. The lowest BCUT2D eigenvalue weighted by Gasteiger charge is -2.40. The standard InChI is InChI=1S/C16H31N3O2/c1-14(19-10-8-18(9-11-19)12-13-20)16(21)17(2)15-6-4-3-5-7-15/h14-15,20H,3-13H2,1-2H3/t14-/m1/s1. The number of nitrogens with zero attached hydrogens (tertiary/aromatic N) is 3. The summed E-state index contributed by atoms with van der Waals surface area (Å²) in [4.78, 5) is 19.2. The Morgan fingerprint density at radius 3 is 2.38 bits per heavy atom. The number of amides is 1. The van der Waals surface area contributed by atoms with Crippen molar-refractivity contribution < 1.29 is 9.90 Å². The second-order valence-corrected chi connectivity index (χ2v) is 6.52. The minimum atomic E-state index is -0.0202. The smallest absolute Gasteiger partial charge is 0.239 e. The van der Waals surface area contributed by atoms with Gasteiger partial charge in [0.1, 0.15) is 0 Å². The fraction of sp³-hybridized carbons (Fsp3) is 0.938. The number of carbonyl (C=O) groups is 1. The van der Waals surface area contributed by atoms with Crippen molar-refractivity contribution in [2.24, 2.45) is 0 Å². The number of aliphatic hydroxyl groups is 1. The molecule has 0 unspecified atom stereocenters. The molecule has 1 aliphatic heterocycles. The van der Waals surface area contributed by atoms with Gasteiger partial charge in [0.2, 0.25) is 5.91 Å². The molecule has 5 nitrogen and oxygen atoms in total. The predicted octanol–water partition coefficient (Wildman–Crippen LogP) is 0.776. The van der Waals surface area contributed by atoms with Gasteiger partial charge < -0.3 is 10.0 Å². The first-order valence-corrected chi connectivity index (χ1v) is 8.47. The summed E-state index contributed by atoms with van der Waals surface area (Å²) in [5, 5.41) is 8.98. The van der Waals surface area contributed by atoms with Crippen LogP contribution in [-0.4, -0.2) is 84.2 Å². The van der Waals surface area contributed by atoms with Crippen LogP contribution in [0.5, 0.6) is 0 Å². The molecule has 1 amide bonds. The third-order valence-corrected chi connectivity index (χ3v) is 5.20. The first-order chi connectivity index (χ1) is 10.1. The molecule has 2 aliphatic rings. The zero-order chi connectivity index (χ0) is 15.2. The molecule has 1 heterocycles. The molecule has 0 aromatic carbocycles. The number of rotatable bonds is 5. The highest BCUT2D eigenvalue weighted by molar-refractivity contribution is 5.81. The van der Waals surface area contributed by atoms with Crippen LogP contribution in [0.4, 0.5) is 0 Å². The van der Waals surface area contributed by atoms with Crippen molar-refractivity contribution in [3.63, 3.8) is 0 Å². The Hall–Kier alpha value is -0.650. The molecule has 1 saturated carbocycles. The lowest BCUT2D eigenvalue weighted by molar-refractivity contribution is -0.138. The monoisotopic (exact) mass is 297 g/mol. The van der Waals surface area contributed by atoms with E-state index >= 15 is 0 Å². The van der Waals surface area contributed by atoms with Gasteiger partial charge in [-0.25, -0.2) is 0 Å². The van der Waals surface area contributed by atoms with Crippen molar-refractivity contribution in [2.75, 3.05) is 46.4 Å². The zero-order valence-corrected chi connectivity index (χ0v) is 13.6. The van der Waals surface area contributed by atoms with Gasteiger partial charge in [0, 0.05) is 45.8 Å². The van der Waals surface area contributed by atoms with Crippen LogP contribution in [0.1, 0.15) is 39.0 Å². The molecule has 122 valence electrons. The number of likely N-dealkylation sites (N-methyl/N-ethyl adjacent to an activating group) is 1. The van der Waals surface area contributed by atoms with Gasteiger partial charge in [-0.3, -0.25) is 14.6 Å². The summed E-state index contributed by atoms with van der Waals surface area (Å²) < 4.78 is 0. The van der Waals surface area contributed by atoms with E-state index in [9.17, 15) is 4.79 Å². The highest BCUT2D eigenvalue weighted by atomic mass is 16.3. The number of carbonyl (C=O) groups excluding carboxylic acids is 1. The van der Waals surface area contributed by atoms with E-state index in [0.717, 1.165) is 32.7 Å². The van der Waals surface area contributed by atoms with Gasteiger partial charge >= 0.3 is 0 Å². The van der Waals surface area contributed by atoms with E-state index in [0.29, 0.717) is 6.04 Å². The van der Waals surface area contributed by atoms with Crippen LogP contribution in [0.15, 0.2) is 0 Å². The molecule has 1 saturated heterocycles. The molecule has 0 radical (unpaired) electrons. The fourth-order valence-corrected chi connectivity index (χ4v) is 3.61. The summed E-state index contributed by atoms with van der Waals surface area (Å²) in [7, 11) is 1.98. The Bertz CT molecular complexity index is 323. The van der Waals surface area contributed by atoms with Crippen LogP contribution in [0, 0.1) is 0 Å². The molecule has 0 aromatic rings. The summed E-state index contributed by atoms with van der Waals surface area (Å²) in [6.45, 7) is 6.76. The van der Waals surface area contributed by atoms with E-state index in [1.807, 2.05) is 18.9 Å².